The second kappa shape index (κ2) is 9.86. The SMILES string of the molecule is CC(CCC(C)=NNC(=O)c1ccccc1N)=NNC(=O)c1ccccc1N. The van der Waals surface area contributed by atoms with Crippen LogP contribution in [0.25, 0.3) is 0 Å². The molecule has 0 aliphatic carbocycles. The van der Waals surface area contributed by atoms with Crippen molar-refractivity contribution in [3.05, 3.63) is 59.7 Å². The highest BCUT2D eigenvalue weighted by molar-refractivity contribution is 6.00. The van der Waals surface area contributed by atoms with Gasteiger partial charge >= 0.3 is 0 Å². The molecule has 0 spiro atoms. The van der Waals surface area contributed by atoms with E-state index in [4.69, 9.17) is 11.5 Å². The molecule has 0 fully saturated rings. The van der Waals surface area contributed by atoms with Crippen LogP contribution in [0.15, 0.2) is 58.7 Å². The molecule has 0 radical (unpaired) electrons. The van der Waals surface area contributed by atoms with Crippen LogP contribution >= 0.6 is 0 Å². The number of hydrogen-bond donors (Lipinski definition) is 4. The number of nitrogens with zero attached hydrogens (tertiary/aromatic N) is 2. The first-order valence-electron chi connectivity index (χ1n) is 8.74. The summed E-state index contributed by atoms with van der Waals surface area (Å²) in [6, 6.07) is 13.6. The van der Waals surface area contributed by atoms with Gasteiger partial charge < -0.3 is 11.5 Å². The number of carbonyl (C=O) groups excluding carboxylic acids is 2. The lowest BCUT2D eigenvalue weighted by atomic mass is 10.1. The first-order valence-corrected chi connectivity index (χ1v) is 8.74. The van der Waals surface area contributed by atoms with E-state index in [-0.39, 0.29) is 11.8 Å². The minimum absolute atomic E-state index is 0.365. The molecule has 0 atom stereocenters. The molecular formula is C20H24N6O2. The van der Waals surface area contributed by atoms with E-state index in [0.29, 0.717) is 35.3 Å². The van der Waals surface area contributed by atoms with Crippen LogP contribution in [0.1, 0.15) is 47.4 Å². The maximum absolute atomic E-state index is 12.1. The number of carbonyl (C=O) groups is 2. The van der Waals surface area contributed by atoms with Gasteiger partial charge in [0.15, 0.2) is 0 Å². The Bertz CT molecular complexity index is 845. The lowest BCUT2D eigenvalue weighted by Crippen LogP contribution is -2.21. The monoisotopic (exact) mass is 380 g/mol. The normalized spacial score (nSPS) is 11.8. The summed E-state index contributed by atoms with van der Waals surface area (Å²) in [6.45, 7) is 3.59. The lowest BCUT2D eigenvalue weighted by molar-refractivity contribution is 0.0947. The summed E-state index contributed by atoms with van der Waals surface area (Å²) in [6.07, 6.45) is 1.15. The molecule has 2 aromatic carbocycles. The minimum Gasteiger partial charge on any atom is -0.398 e. The molecular weight excluding hydrogens is 356 g/mol. The summed E-state index contributed by atoms with van der Waals surface area (Å²) < 4.78 is 0. The molecule has 146 valence electrons. The van der Waals surface area contributed by atoms with E-state index < -0.39 is 0 Å². The van der Waals surface area contributed by atoms with E-state index in [1.165, 1.54) is 0 Å². The zero-order valence-electron chi connectivity index (χ0n) is 15.9. The molecule has 0 heterocycles. The molecule has 0 saturated carbocycles. The molecule has 8 nitrogen and oxygen atoms in total. The number of para-hydroxylation sites is 2. The van der Waals surface area contributed by atoms with Gasteiger partial charge in [-0.1, -0.05) is 24.3 Å². The Kier molecular flexibility index (Phi) is 7.27. The highest BCUT2D eigenvalue weighted by Gasteiger charge is 2.09. The molecule has 0 aromatic heterocycles. The largest absolute Gasteiger partial charge is 0.398 e. The van der Waals surface area contributed by atoms with Crippen molar-refractivity contribution in [3.8, 4) is 0 Å². The fourth-order valence-corrected chi connectivity index (χ4v) is 2.29. The van der Waals surface area contributed by atoms with E-state index in [1.54, 1.807) is 62.4 Å². The molecule has 0 aliphatic heterocycles. The van der Waals surface area contributed by atoms with Crippen LogP contribution in [-0.2, 0) is 0 Å². The van der Waals surface area contributed by atoms with Crippen LogP contribution in [0.4, 0.5) is 11.4 Å². The van der Waals surface area contributed by atoms with Crippen LogP contribution in [0.3, 0.4) is 0 Å². The molecule has 2 amide bonds. The topological polar surface area (TPSA) is 135 Å². The summed E-state index contributed by atoms with van der Waals surface area (Å²) in [5.41, 5.74) is 19.5. The summed E-state index contributed by atoms with van der Waals surface area (Å²) >= 11 is 0. The van der Waals surface area contributed by atoms with Crippen molar-refractivity contribution in [2.45, 2.75) is 26.7 Å². The number of amides is 2. The Morgan fingerprint density at radius 3 is 1.46 bits per heavy atom. The van der Waals surface area contributed by atoms with Crippen molar-refractivity contribution in [2.75, 3.05) is 11.5 Å². The zero-order valence-corrected chi connectivity index (χ0v) is 15.9. The van der Waals surface area contributed by atoms with Gasteiger partial charge in [-0.2, -0.15) is 10.2 Å². The number of benzene rings is 2. The molecule has 2 aromatic rings. The van der Waals surface area contributed by atoms with Crippen LogP contribution in [-0.4, -0.2) is 23.2 Å². The first kappa shape index (κ1) is 20.6. The number of rotatable bonds is 7. The molecule has 28 heavy (non-hydrogen) atoms. The Hall–Kier alpha value is -3.68. The van der Waals surface area contributed by atoms with E-state index in [9.17, 15) is 9.59 Å². The summed E-state index contributed by atoms with van der Waals surface area (Å²) in [5.74, 6) is -0.730. The van der Waals surface area contributed by atoms with E-state index in [2.05, 4.69) is 21.1 Å². The van der Waals surface area contributed by atoms with Gasteiger partial charge in [0.2, 0.25) is 0 Å². The maximum Gasteiger partial charge on any atom is 0.273 e. The zero-order chi connectivity index (χ0) is 20.5. The average molecular weight is 380 g/mol. The van der Waals surface area contributed by atoms with Crippen molar-refractivity contribution in [3.63, 3.8) is 0 Å². The third-order valence-electron chi connectivity index (χ3n) is 3.96. The molecule has 6 N–H and O–H groups in total. The quantitative estimate of drug-likeness (QED) is 0.333. The Labute approximate surface area is 163 Å². The van der Waals surface area contributed by atoms with Crippen molar-refractivity contribution in [1.29, 1.82) is 0 Å². The fourth-order valence-electron chi connectivity index (χ4n) is 2.29. The highest BCUT2D eigenvalue weighted by atomic mass is 16.2. The van der Waals surface area contributed by atoms with Crippen LogP contribution in [0, 0.1) is 0 Å². The number of hydrogen-bond acceptors (Lipinski definition) is 6. The number of hydrazone groups is 2. The first-order chi connectivity index (χ1) is 13.4. The molecule has 0 bridgehead atoms. The van der Waals surface area contributed by atoms with Crippen molar-refractivity contribution >= 4 is 34.6 Å². The smallest absolute Gasteiger partial charge is 0.273 e. The van der Waals surface area contributed by atoms with Gasteiger partial charge in [0.25, 0.3) is 11.8 Å². The Balaban J connectivity index is 1.83. The van der Waals surface area contributed by atoms with Crippen molar-refractivity contribution in [2.24, 2.45) is 10.2 Å². The van der Waals surface area contributed by atoms with Crippen LogP contribution in [0.5, 0.6) is 0 Å². The second-order valence-corrected chi connectivity index (χ2v) is 6.25. The standard InChI is InChI=1S/C20H24N6O2/c1-13(23-25-19(27)15-7-3-5-9-17(15)21)11-12-14(2)24-26-20(28)16-8-4-6-10-18(16)22/h3-10H,11-12,21-22H2,1-2H3,(H,25,27)(H,26,28). The number of nitrogens with one attached hydrogen (secondary N) is 2. The number of nitrogen functional groups attached to an aromatic ring is 2. The maximum atomic E-state index is 12.1. The molecule has 0 unspecified atom stereocenters. The van der Waals surface area contributed by atoms with Gasteiger partial charge in [0.1, 0.15) is 0 Å². The summed E-state index contributed by atoms with van der Waals surface area (Å²) in [7, 11) is 0. The predicted molar refractivity (Wildman–Crippen MR) is 112 cm³/mol. The average Bonchev–Trinajstić information content (AvgIpc) is 2.69. The third-order valence-corrected chi connectivity index (χ3v) is 3.96. The summed E-state index contributed by atoms with van der Waals surface area (Å²) in [4.78, 5) is 24.1. The van der Waals surface area contributed by atoms with Gasteiger partial charge in [-0.25, -0.2) is 10.9 Å². The number of nitrogens with two attached hydrogens (primary N) is 2. The van der Waals surface area contributed by atoms with Gasteiger partial charge in [-0.15, -0.1) is 0 Å². The minimum atomic E-state index is -0.365. The van der Waals surface area contributed by atoms with E-state index in [1.807, 2.05) is 0 Å². The molecule has 0 aliphatic rings. The fraction of sp³-hybridized carbons (Fsp3) is 0.200. The van der Waals surface area contributed by atoms with Crippen molar-refractivity contribution in [1.82, 2.24) is 10.9 Å². The van der Waals surface area contributed by atoms with Crippen molar-refractivity contribution < 1.29 is 9.59 Å². The molecule has 0 saturated heterocycles. The van der Waals surface area contributed by atoms with Gasteiger partial charge in [0, 0.05) is 22.8 Å². The lowest BCUT2D eigenvalue weighted by Gasteiger charge is -2.06. The molecule has 2 rings (SSSR count). The Morgan fingerprint density at radius 1 is 0.750 bits per heavy atom. The van der Waals surface area contributed by atoms with E-state index >= 15 is 0 Å². The van der Waals surface area contributed by atoms with Gasteiger partial charge in [-0.05, 0) is 51.0 Å². The van der Waals surface area contributed by atoms with Crippen LogP contribution < -0.4 is 22.3 Å². The van der Waals surface area contributed by atoms with Gasteiger partial charge in [0.05, 0.1) is 11.1 Å². The van der Waals surface area contributed by atoms with Gasteiger partial charge in [-0.3, -0.25) is 9.59 Å². The summed E-state index contributed by atoms with van der Waals surface area (Å²) in [5, 5.41) is 8.14. The second-order valence-electron chi connectivity index (χ2n) is 6.25. The third kappa shape index (κ3) is 5.94. The number of anilines is 2. The highest BCUT2D eigenvalue weighted by Crippen LogP contribution is 2.10. The molecule has 8 heteroatoms. The Morgan fingerprint density at radius 2 is 1.11 bits per heavy atom. The predicted octanol–water partition coefficient (Wildman–Crippen LogP) is 2.54. The van der Waals surface area contributed by atoms with Crippen LogP contribution in [0.2, 0.25) is 0 Å². The van der Waals surface area contributed by atoms with E-state index in [0.717, 1.165) is 11.4 Å².